The third-order valence-electron chi connectivity index (χ3n) is 3.41. The first-order valence-electron chi connectivity index (χ1n) is 6.65. The Labute approximate surface area is 112 Å². The van der Waals surface area contributed by atoms with E-state index in [9.17, 15) is 4.79 Å². The Bertz CT molecular complexity index is 635. The average Bonchev–Trinajstić information content (AvgIpc) is 2.48. The van der Waals surface area contributed by atoms with Crippen LogP contribution in [0.15, 0.2) is 48.0 Å². The van der Waals surface area contributed by atoms with Crippen molar-refractivity contribution >= 4 is 16.7 Å². The number of rotatable bonds is 2. The number of hydrogen-bond donors (Lipinski definition) is 0. The molecule has 0 amide bonds. The van der Waals surface area contributed by atoms with Crippen molar-refractivity contribution < 1.29 is 9.53 Å². The lowest BCUT2D eigenvalue weighted by atomic mass is 10.00. The summed E-state index contributed by atoms with van der Waals surface area (Å²) in [5.41, 5.74) is 0.805. The molecule has 0 atom stereocenters. The van der Waals surface area contributed by atoms with Crippen LogP contribution in [0.25, 0.3) is 10.8 Å². The van der Waals surface area contributed by atoms with Gasteiger partial charge in [0, 0.05) is 11.0 Å². The van der Waals surface area contributed by atoms with E-state index in [0.717, 1.165) is 35.6 Å². The van der Waals surface area contributed by atoms with E-state index in [1.54, 1.807) is 0 Å². The highest BCUT2D eigenvalue weighted by atomic mass is 16.5. The number of carbonyl (C=O) groups excluding carboxylic acids is 1. The quantitative estimate of drug-likeness (QED) is 0.594. The van der Waals surface area contributed by atoms with Crippen LogP contribution in [0.4, 0.5) is 0 Å². The van der Waals surface area contributed by atoms with E-state index in [2.05, 4.69) is 6.07 Å². The first-order valence-corrected chi connectivity index (χ1v) is 6.65. The number of ether oxygens (including phenoxy) is 1. The van der Waals surface area contributed by atoms with E-state index < -0.39 is 0 Å². The van der Waals surface area contributed by atoms with Crippen molar-refractivity contribution in [2.75, 3.05) is 0 Å². The molecule has 0 aliphatic heterocycles. The fraction of sp³-hybridized carbons (Fsp3) is 0.235. The molecular weight excluding hydrogens is 236 g/mol. The maximum atomic E-state index is 12.1. The number of benzene rings is 2. The molecular formula is C17H15O2. The van der Waals surface area contributed by atoms with Gasteiger partial charge in [-0.1, -0.05) is 36.4 Å². The fourth-order valence-corrected chi connectivity index (χ4v) is 2.40. The summed E-state index contributed by atoms with van der Waals surface area (Å²) in [4.78, 5) is 12.1. The molecule has 0 saturated heterocycles. The molecule has 0 spiro atoms. The number of hydrogen-bond acceptors (Lipinski definition) is 2. The first-order chi connectivity index (χ1) is 9.34. The Morgan fingerprint density at radius 3 is 2.89 bits per heavy atom. The van der Waals surface area contributed by atoms with Crippen molar-refractivity contribution in [3.8, 4) is 5.75 Å². The third-order valence-corrected chi connectivity index (χ3v) is 3.41. The van der Waals surface area contributed by atoms with Crippen LogP contribution in [-0.2, 0) is 4.79 Å². The van der Waals surface area contributed by atoms with Gasteiger partial charge in [-0.05, 0) is 43.2 Å². The Morgan fingerprint density at radius 1 is 1.16 bits per heavy atom. The maximum absolute atomic E-state index is 12.1. The molecule has 0 unspecified atom stereocenters. The van der Waals surface area contributed by atoms with Gasteiger partial charge >= 0.3 is 5.97 Å². The molecule has 95 valence electrons. The Balaban J connectivity index is 1.89. The normalized spacial score (nSPS) is 15.1. The molecule has 2 heteroatoms. The van der Waals surface area contributed by atoms with Gasteiger partial charge in [-0.15, -0.1) is 0 Å². The summed E-state index contributed by atoms with van der Waals surface area (Å²) >= 11 is 0. The standard InChI is InChI=1S/C17H15O2/c18-17(14-8-2-1-3-9-14)19-16-12-6-10-13-7-4-5-11-15(13)16/h4-8,10,12H,1-3,9H2. The summed E-state index contributed by atoms with van der Waals surface area (Å²) in [7, 11) is 0. The minimum Gasteiger partial charge on any atom is -0.422 e. The van der Waals surface area contributed by atoms with Crippen LogP contribution in [0, 0.1) is 6.07 Å². The summed E-state index contributed by atoms with van der Waals surface area (Å²) in [5.74, 6) is 0.374. The van der Waals surface area contributed by atoms with E-state index >= 15 is 0 Å². The zero-order valence-corrected chi connectivity index (χ0v) is 10.7. The second-order valence-corrected chi connectivity index (χ2v) is 4.76. The maximum Gasteiger partial charge on any atom is 0.339 e. The van der Waals surface area contributed by atoms with E-state index in [0.29, 0.717) is 5.75 Å². The summed E-state index contributed by atoms with van der Waals surface area (Å²) in [6, 6.07) is 14.6. The van der Waals surface area contributed by atoms with E-state index in [-0.39, 0.29) is 5.97 Å². The van der Waals surface area contributed by atoms with Crippen LogP contribution >= 0.6 is 0 Å². The van der Waals surface area contributed by atoms with Gasteiger partial charge in [0.25, 0.3) is 0 Å². The second kappa shape index (κ2) is 5.27. The summed E-state index contributed by atoms with van der Waals surface area (Å²) < 4.78 is 5.53. The molecule has 0 aromatic heterocycles. The van der Waals surface area contributed by atoms with Gasteiger partial charge in [0.1, 0.15) is 5.75 Å². The van der Waals surface area contributed by atoms with Crippen molar-refractivity contribution in [3.05, 3.63) is 54.1 Å². The SMILES string of the molecule is O=C(Oc1cccc2ccc[c]c12)C1=CCCCC1. The van der Waals surface area contributed by atoms with Crippen molar-refractivity contribution in [2.45, 2.75) is 25.7 Å². The van der Waals surface area contributed by atoms with Crippen molar-refractivity contribution in [1.82, 2.24) is 0 Å². The largest absolute Gasteiger partial charge is 0.422 e. The molecule has 0 bridgehead atoms. The smallest absolute Gasteiger partial charge is 0.339 e. The van der Waals surface area contributed by atoms with Crippen LogP contribution < -0.4 is 4.74 Å². The van der Waals surface area contributed by atoms with Gasteiger partial charge in [0.2, 0.25) is 0 Å². The van der Waals surface area contributed by atoms with Gasteiger partial charge in [-0.3, -0.25) is 0 Å². The Kier molecular flexibility index (Phi) is 3.32. The predicted octanol–water partition coefficient (Wildman–Crippen LogP) is 4.05. The van der Waals surface area contributed by atoms with Crippen LogP contribution in [-0.4, -0.2) is 5.97 Å². The highest BCUT2D eigenvalue weighted by Gasteiger charge is 2.15. The van der Waals surface area contributed by atoms with Crippen molar-refractivity contribution in [2.24, 2.45) is 0 Å². The lowest BCUT2D eigenvalue weighted by Gasteiger charge is -2.12. The number of fused-ring (bicyclic) bond motifs is 1. The lowest BCUT2D eigenvalue weighted by Crippen LogP contribution is -2.13. The molecule has 1 aliphatic rings. The number of carbonyl (C=O) groups is 1. The molecule has 3 rings (SSSR count). The second-order valence-electron chi connectivity index (χ2n) is 4.76. The zero-order chi connectivity index (χ0) is 13.1. The van der Waals surface area contributed by atoms with Gasteiger partial charge in [0.05, 0.1) is 0 Å². The molecule has 2 aromatic carbocycles. The lowest BCUT2D eigenvalue weighted by molar-refractivity contribution is -0.130. The van der Waals surface area contributed by atoms with Gasteiger partial charge in [-0.2, -0.15) is 0 Å². The molecule has 2 aromatic rings. The van der Waals surface area contributed by atoms with E-state index in [1.807, 2.05) is 42.5 Å². The van der Waals surface area contributed by atoms with Crippen molar-refractivity contribution in [1.29, 1.82) is 0 Å². The minimum atomic E-state index is -0.218. The molecule has 0 fully saturated rings. The van der Waals surface area contributed by atoms with Crippen LogP contribution in [0.2, 0.25) is 0 Å². The molecule has 0 N–H and O–H groups in total. The van der Waals surface area contributed by atoms with Crippen LogP contribution in [0.5, 0.6) is 5.75 Å². The average molecular weight is 251 g/mol. The molecule has 1 radical (unpaired) electrons. The predicted molar refractivity (Wildman–Crippen MR) is 75.0 cm³/mol. The fourth-order valence-electron chi connectivity index (χ4n) is 2.40. The van der Waals surface area contributed by atoms with Crippen LogP contribution in [0.3, 0.4) is 0 Å². The van der Waals surface area contributed by atoms with E-state index in [1.165, 1.54) is 6.42 Å². The molecule has 1 aliphatic carbocycles. The van der Waals surface area contributed by atoms with Gasteiger partial charge < -0.3 is 4.74 Å². The summed E-state index contributed by atoms with van der Waals surface area (Å²) in [6.45, 7) is 0. The zero-order valence-electron chi connectivity index (χ0n) is 10.7. The Hall–Kier alpha value is -2.09. The third kappa shape index (κ3) is 2.53. The number of esters is 1. The highest BCUT2D eigenvalue weighted by Crippen LogP contribution is 2.26. The summed E-state index contributed by atoms with van der Waals surface area (Å²) in [6.07, 6.45) is 6.04. The topological polar surface area (TPSA) is 26.3 Å². The highest BCUT2D eigenvalue weighted by molar-refractivity contribution is 5.94. The monoisotopic (exact) mass is 251 g/mol. The molecule has 19 heavy (non-hydrogen) atoms. The number of allylic oxidation sites excluding steroid dienone is 1. The van der Waals surface area contributed by atoms with Gasteiger partial charge in [-0.25, -0.2) is 4.79 Å². The minimum absolute atomic E-state index is 0.218. The Morgan fingerprint density at radius 2 is 2.05 bits per heavy atom. The molecule has 2 nitrogen and oxygen atoms in total. The van der Waals surface area contributed by atoms with Crippen molar-refractivity contribution in [3.63, 3.8) is 0 Å². The molecule has 0 saturated carbocycles. The van der Waals surface area contributed by atoms with Crippen LogP contribution in [0.1, 0.15) is 25.7 Å². The first kappa shape index (κ1) is 12.0. The van der Waals surface area contributed by atoms with Gasteiger partial charge in [0.15, 0.2) is 0 Å². The van der Waals surface area contributed by atoms with E-state index in [4.69, 9.17) is 4.74 Å². The molecule has 0 heterocycles. The summed E-state index contributed by atoms with van der Waals surface area (Å²) in [5, 5.41) is 1.89.